The molecule has 0 saturated carbocycles. The van der Waals surface area contributed by atoms with E-state index in [2.05, 4.69) is 22.4 Å². The lowest BCUT2D eigenvalue weighted by Crippen LogP contribution is -2.24. The number of carbonyl (C=O) groups excluding carboxylic acids is 1. The maximum Gasteiger partial charge on any atom is 0.238 e. The third kappa shape index (κ3) is 4.16. The van der Waals surface area contributed by atoms with Crippen molar-refractivity contribution in [2.24, 2.45) is 0 Å². The molecule has 0 fully saturated rings. The van der Waals surface area contributed by atoms with Crippen LogP contribution in [0.25, 0.3) is 0 Å². The second-order valence-corrected chi connectivity index (χ2v) is 8.74. The average molecular weight is 397 g/mol. The summed E-state index contributed by atoms with van der Waals surface area (Å²) in [4.78, 5) is 18.5. The lowest BCUT2D eigenvalue weighted by atomic mass is 9.96. The zero-order valence-corrected chi connectivity index (χ0v) is 17.0. The molecule has 2 aromatic rings. The van der Waals surface area contributed by atoms with Gasteiger partial charge in [0.1, 0.15) is 22.2 Å². The molecule has 1 amide bonds. The molecule has 138 valence electrons. The van der Waals surface area contributed by atoms with E-state index in [4.69, 9.17) is 0 Å². The van der Waals surface area contributed by atoms with Crippen molar-refractivity contribution in [3.8, 4) is 12.1 Å². The van der Waals surface area contributed by atoms with Crippen LogP contribution in [0.1, 0.15) is 53.4 Å². The molecule has 0 saturated heterocycles. The monoisotopic (exact) mass is 396 g/mol. The van der Waals surface area contributed by atoms with Gasteiger partial charge in [0, 0.05) is 10.6 Å². The van der Waals surface area contributed by atoms with E-state index >= 15 is 0 Å². The number of carbonyl (C=O) groups is 1. The molecule has 0 spiro atoms. The van der Waals surface area contributed by atoms with E-state index in [1.165, 1.54) is 28.0 Å². The highest BCUT2D eigenvalue weighted by Gasteiger charge is 2.25. The molecule has 1 N–H and O–H groups in total. The second-order valence-electron chi connectivity index (χ2n) is 6.45. The molecular weight excluding hydrogens is 376 g/mol. The number of hydrogen-bond donors (Lipinski definition) is 1. The predicted octanol–water partition coefficient (Wildman–Crippen LogP) is 4.58. The summed E-state index contributed by atoms with van der Waals surface area (Å²) in [5.41, 5.74) is 3.01. The van der Waals surface area contributed by atoms with Crippen LogP contribution in [0.4, 0.5) is 5.00 Å². The maximum absolute atomic E-state index is 12.9. The molecule has 3 rings (SSSR count). The molecule has 2 heterocycles. The van der Waals surface area contributed by atoms with E-state index in [1.807, 2.05) is 13.8 Å². The number of fused-ring (bicyclic) bond motifs is 1. The minimum Gasteiger partial charge on any atom is -0.316 e. The number of nitriles is 2. The van der Waals surface area contributed by atoms with E-state index < -0.39 is 0 Å². The number of thiophene rings is 1. The van der Waals surface area contributed by atoms with E-state index in [0.717, 1.165) is 36.9 Å². The molecule has 0 unspecified atom stereocenters. The van der Waals surface area contributed by atoms with Crippen LogP contribution in [-0.4, -0.2) is 16.1 Å². The van der Waals surface area contributed by atoms with Gasteiger partial charge in [0.05, 0.1) is 16.4 Å². The van der Waals surface area contributed by atoms with Crippen LogP contribution >= 0.6 is 23.1 Å². The van der Waals surface area contributed by atoms with Crippen molar-refractivity contribution in [3.05, 3.63) is 39.4 Å². The Balaban J connectivity index is 1.81. The normalized spacial score (nSPS) is 13.9. The third-order valence-electron chi connectivity index (χ3n) is 4.56. The number of thioether (sulfide) groups is 1. The number of aromatic nitrogens is 1. The van der Waals surface area contributed by atoms with Crippen molar-refractivity contribution in [2.75, 3.05) is 5.32 Å². The SMILES string of the molecule is CC[C@H](Sc1nc(C)ccc1C#N)C(=O)Nc1sc2c(c1C#N)CCCC2. The molecule has 1 aliphatic rings. The minimum atomic E-state index is -0.378. The maximum atomic E-state index is 12.9. The average Bonchev–Trinajstić information content (AvgIpc) is 3.02. The highest BCUT2D eigenvalue weighted by molar-refractivity contribution is 8.00. The van der Waals surface area contributed by atoms with E-state index in [9.17, 15) is 15.3 Å². The molecule has 0 aliphatic heterocycles. The molecule has 0 aromatic carbocycles. The number of anilines is 1. The van der Waals surface area contributed by atoms with Gasteiger partial charge in [-0.15, -0.1) is 11.3 Å². The quantitative estimate of drug-likeness (QED) is 0.747. The summed E-state index contributed by atoms with van der Waals surface area (Å²) in [6.45, 7) is 3.80. The largest absolute Gasteiger partial charge is 0.316 e. The Labute approximate surface area is 167 Å². The zero-order valence-electron chi connectivity index (χ0n) is 15.3. The van der Waals surface area contributed by atoms with Crippen molar-refractivity contribution in [1.82, 2.24) is 4.98 Å². The van der Waals surface area contributed by atoms with Crippen LogP contribution in [0, 0.1) is 29.6 Å². The van der Waals surface area contributed by atoms with E-state index in [-0.39, 0.29) is 11.2 Å². The first-order valence-electron chi connectivity index (χ1n) is 8.97. The molecule has 5 nitrogen and oxygen atoms in total. The number of amides is 1. The number of nitrogens with zero attached hydrogens (tertiary/aromatic N) is 3. The fourth-order valence-electron chi connectivity index (χ4n) is 3.13. The molecule has 1 aliphatic carbocycles. The minimum absolute atomic E-state index is 0.148. The summed E-state index contributed by atoms with van der Waals surface area (Å²) in [7, 11) is 0. The van der Waals surface area contributed by atoms with Gasteiger partial charge in [0.25, 0.3) is 0 Å². The zero-order chi connectivity index (χ0) is 19.4. The first kappa shape index (κ1) is 19.4. The topological polar surface area (TPSA) is 89.6 Å². The highest BCUT2D eigenvalue weighted by atomic mass is 32.2. The first-order chi connectivity index (χ1) is 13.1. The Morgan fingerprint density at radius 1 is 1.33 bits per heavy atom. The summed E-state index contributed by atoms with van der Waals surface area (Å²) >= 11 is 2.83. The number of pyridine rings is 1. The van der Waals surface area contributed by atoms with Gasteiger partial charge in [-0.2, -0.15) is 10.5 Å². The first-order valence-corrected chi connectivity index (χ1v) is 10.7. The van der Waals surface area contributed by atoms with Gasteiger partial charge in [-0.3, -0.25) is 4.79 Å². The van der Waals surface area contributed by atoms with Crippen LogP contribution in [0.2, 0.25) is 0 Å². The van der Waals surface area contributed by atoms with Gasteiger partial charge in [-0.25, -0.2) is 4.98 Å². The fourth-order valence-corrected chi connectivity index (χ4v) is 5.41. The van der Waals surface area contributed by atoms with Gasteiger partial charge in [-0.1, -0.05) is 18.7 Å². The molecule has 1 atom stereocenters. The molecular formula is C20H20N4OS2. The summed E-state index contributed by atoms with van der Waals surface area (Å²) in [5, 5.41) is 22.7. The number of rotatable bonds is 5. The van der Waals surface area contributed by atoms with Gasteiger partial charge in [0.2, 0.25) is 5.91 Å². The Morgan fingerprint density at radius 3 is 2.81 bits per heavy atom. The summed E-state index contributed by atoms with van der Waals surface area (Å²) in [6, 6.07) is 7.93. The van der Waals surface area contributed by atoms with Crippen LogP contribution in [0.3, 0.4) is 0 Å². The second kappa shape index (κ2) is 8.56. The molecule has 27 heavy (non-hydrogen) atoms. The van der Waals surface area contributed by atoms with Crippen molar-refractivity contribution in [3.63, 3.8) is 0 Å². The summed E-state index contributed by atoms with van der Waals surface area (Å²) in [5.74, 6) is -0.148. The Kier molecular flexibility index (Phi) is 6.15. The standard InChI is InChI=1S/C20H20N4OS2/c1-3-16(26-19-13(10-21)9-8-12(2)23-19)18(25)24-20-15(11-22)14-6-4-5-7-17(14)27-20/h8-9,16H,3-7H2,1-2H3,(H,24,25)/t16-/m0/s1. The number of aryl methyl sites for hydroxylation is 2. The van der Waals surface area contributed by atoms with Gasteiger partial charge in [0.15, 0.2) is 0 Å². The molecule has 2 aromatic heterocycles. The van der Waals surface area contributed by atoms with E-state index in [1.54, 1.807) is 12.1 Å². The van der Waals surface area contributed by atoms with Crippen LogP contribution in [0.15, 0.2) is 17.2 Å². The van der Waals surface area contributed by atoms with Crippen LogP contribution in [-0.2, 0) is 17.6 Å². The number of hydrogen-bond acceptors (Lipinski definition) is 6. The molecule has 7 heteroatoms. The van der Waals surface area contributed by atoms with Gasteiger partial charge in [-0.05, 0) is 56.7 Å². The fraction of sp³-hybridized carbons (Fsp3) is 0.400. The van der Waals surface area contributed by atoms with Gasteiger partial charge >= 0.3 is 0 Å². The summed E-state index contributed by atoms with van der Waals surface area (Å²) in [6.07, 6.45) is 4.72. The van der Waals surface area contributed by atoms with Crippen molar-refractivity contribution >= 4 is 34.0 Å². The van der Waals surface area contributed by atoms with Crippen LogP contribution in [0.5, 0.6) is 0 Å². The van der Waals surface area contributed by atoms with Crippen molar-refractivity contribution in [1.29, 1.82) is 10.5 Å². The van der Waals surface area contributed by atoms with Crippen molar-refractivity contribution in [2.45, 2.75) is 56.2 Å². The highest BCUT2D eigenvalue weighted by Crippen LogP contribution is 2.38. The lowest BCUT2D eigenvalue weighted by Gasteiger charge is -2.14. The lowest BCUT2D eigenvalue weighted by molar-refractivity contribution is -0.115. The molecule has 0 radical (unpaired) electrons. The summed E-state index contributed by atoms with van der Waals surface area (Å²) < 4.78 is 0. The van der Waals surface area contributed by atoms with Crippen molar-refractivity contribution < 1.29 is 4.79 Å². The van der Waals surface area contributed by atoms with Crippen LogP contribution < -0.4 is 5.32 Å². The Morgan fingerprint density at radius 2 is 2.11 bits per heavy atom. The third-order valence-corrected chi connectivity index (χ3v) is 7.13. The Bertz CT molecular complexity index is 952. The van der Waals surface area contributed by atoms with E-state index in [0.29, 0.717) is 27.6 Å². The molecule has 0 bridgehead atoms. The smallest absolute Gasteiger partial charge is 0.238 e. The predicted molar refractivity (Wildman–Crippen MR) is 108 cm³/mol. The number of nitrogens with one attached hydrogen (secondary N) is 1. The van der Waals surface area contributed by atoms with Gasteiger partial charge < -0.3 is 5.32 Å². The Hall–Kier alpha value is -2.35.